The molecular formula is C24H18N4O4. The van der Waals surface area contributed by atoms with Crippen molar-refractivity contribution in [2.24, 2.45) is 0 Å². The van der Waals surface area contributed by atoms with E-state index < -0.39 is 17.8 Å². The molecule has 0 unspecified atom stereocenters. The SMILES string of the molecule is O=C1C(=O)N(Cc2cn(-c3ccccc3)nc2-c2ccccc2)C(=O)N1Cc1ccco1. The highest BCUT2D eigenvalue weighted by Gasteiger charge is 2.45. The van der Waals surface area contributed by atoms with E-state index in [0.717, 1.165) is 21.1 Å². The summed E-state index contributed by atoms with van der Waals surface area (Å²) in [4.78, 5) is 39.9. The number of furan rings is 1. The third kappa shape index (κ3) is 3.47. The number of nitrogens with zero attached hydrogens (tertiary/aromatic N) is 4. The van der Waals surface area contributed by atoms with Crippen LogP contribution in [0, 0.1) is 0 Å². The summed E-state index contributed by atoms with van der Waals surface area (Å²) < 4.78 is 6.92. The van der Waals surface area contributed by atoms with Crippen molar-refractivity contribution < 1.29 is 18.8 Å². The van der Waals surface area contributed by atoms with Gasteiger partial charge in [0.15, 0.2) is 0 Å². The Balaban J connectivity index is 1.49. The van der Waals surface area contributed by atoms with E-state index in [4.69, 9.17) is 9.52 Å². The minimum absolute atomic E-state index is 0.0743. The summed E-state index contributed by atoms with van der Waals surface area (Å²) in [6.07, 6.45) is 3.22. The van der Waals surface area contributed by atoms with Crippen LogP contribution in [0.15, 0.2) is 89.7 Å². The molecule has 2 aromatic carbocycles. The normalized spacial score (nSPS) is 13.9. The fourth-order valence-electron chi connectivity index (χ4n) is 3.64. The van der Waals surface area contributed by atoms with Gasteiger partial charge in [0.05, 0.1) is 30.7 Å². The van der Waals surface area contributed by atoms with Gasteiger partial charge in [-0.2, -0.15) is 5.10 Å². The topological polar surface area (TPSA) is 88.7 Å². The molecule has 2 aromatic heterocycles. The molecule has 158 valence electrons. The van der Waals surface area contributed by atoms with Crippen LogP contribution in [0.4, 0.5) is 4.79 Å². The van der Waals surface area contributed by atoms with E-state index in [0.29, 0.717) is 17.0 Å². The zero-order valence-corrected chi connectivity index (χ0v) is 16.9. The van der Waals surface area contributed by atoms with Gasteiger partial charge in [0.1, 0.15) is 5.76 Å². The molecule has 1 fully saturated rings. The van der Waals surface area contributed by atoms with Crippen molar-refractivity contribution in [1.29, 1.82) is 0 Å². The molecule has 3 heterocycles. The molecule has 1 aliphatic heterocycles. The number of para-hydroxylation sites is 1. The van der Waals surface area contributed by atoms with Crippen molar-refractivity contribution in [3.8, 4) is 16.9 Å². The molecule has 8 heteroatoms. The van der Waals surface area contributed by atoms with Gasteiger partial charge in [-0.15, -0.1) is 0 Å². The second-order valence-electron chi connectivity index (χ2n) is 7.29. The highest BCUT2D eigenvalue weighted by atomic mass is 16.3. The zero-order chi connectivity index (χ0) is 22.1. The fraction of sp³-hybridized carbons (Fsp3) is 0.0833. The number of imide groups is 2. The number of benzene rings is 2. The largest absolute Gasteiger partial charge is 0.467 e. The first kappa shape index (κ1) is 19.5. The molecule has 0 spiro atoms. The highest BCUT2D eigenvalue weighted by Crippen LogP contribution is 2.27. The van der Waals surface area contributed by atoms with Gasteiger partial charge in [-0.25, -0.2) is 14.4 Å². The number of rotatable bonds is 6. The molecule has 0 radical (unpaired) electrons. The summed E-state index contributed by atoms with van der Waals surface area (Å²) in [6.45, 7) is -0.170. The lowest BCUT2D eigenvalue weighted by Gasteiger charge is -2.14. The summed E-state index contributed by atoms with van der Waals surface area (Å²) in [5, 5.41) is 4.70. The lowest BCUT2D eigenvalue weighted by molar-refractivity contribution is -0.143. The van der Waals surface area contributed by atoms with E-state index in [-0.39, 0.29) is 13.1 Å². The van der Waals surface area contributed by atoms with E-state index >= 15 is 0 Å². The van der Waals surface area contributed by atoms with Gasteiger partial charge < -0.3 is 4.42 Å². The van der Waals surface area contributed by atoms with Crippen molar-refractivity contribution in [2.75, 3.05) is 0 Å². The van der Waals surface area contributed by atoms with Crippen molar-refractivity contribution in [3.63, 3.8) is 0 Å². The average Bonchev–Trinajstić information content (AvgIpc) is 3.54. The third-order valence-electron chi connectivity index (χ3n) is 5.22. The number of aromatic nitrogens is 2. The van der Waals surface area contributed by atoms with Gasteiger partial charge in [-0.1, -0.05) is 48.5 Å². The van der Waals surface area contributed by atoms with Crippen LogP contribution in [0.25, 0.3) is 16.9 Å². The first-order chi connectivity index (χ1) is 15.6. The first-order valence-electron chi connectivity index (χ1n) is 10.0. The molecule has 4 aromatic rings. The molecule has 32 heavy (non-hydrogen) atoms. The number of carbonyl (C=O) groups is 3. The van der Waals surface area contributed by atoms with E-state index in [1.54, 1.807) is 23.0 Å². The van der Waals surface area contributed by atoms with Gasteiger partial charge in [0, 0.05) is 17.3 Å². The predicted molar refractivity (Wildman–Crippen MR) is 114 cm³/mol. The minimum atomic E-state index is -0.872. The highest BCUT2D eigenvalue weighted by molar-refractivity contribution is 6.44. The standard InChI is InChI=1S/C24H18N4O4/c29-22-23(30)27(16-20-12-7-13-32-20)24(31)26(22)14-18-15-28(19-10-5-2-6-11-19)25-21(18)17-8-3-1-4-9-17/h1-13,15H,14,16H2. The van der Waals surface area contributed by atoms with Crippen molar-refractivity contribution in [1.82, 2.24) is 19.6 Å². The Morgan fingerprint density at radius 2 is 1.41 bits per heavy atom. The van der Waals surface area contributed by atoms with Gasteiger partial charge in [-0.3, -0.25) is 14.5 Å². The minimum Gasteiger partial charge on any atom is -0.467 e. The van der Waals surface area contributed by atoms with Crippen molar-refractivity contribution in [2.45, 2.75) is 13.1 Å². The summed E-state index contributed by atoms with van der Waals surface area (Å²) in [7, 11) is 0. The molecule has 5 rings (SSSR count). The molecule has 8 nitrogen and oxygen atoms in total. The van der Waals surface area contributed by atoms with Crippen molar-refractivity contribution >= 4 is 17.8 Å². The van der Waals surface area contributed by atoms with Gasteiger partial charge in [-0.05, 0) is 24.3 Å². The number of amides is 4. The van der Waals surface area contributed by atoms with E-state index in [1.165, 1.54) is 6.26 Å². The average molecular weight is 426 g/mol. The Labute approximate surface area is 183 Å². The molecule has 1 saturated heterocycles. The van der Waals surface area contributed by atoms with Crippen molar-refractivity contribution in [3.05, 3.63) is 96.6 Å². The summed E-state index contributed by atoms with van der Waals surface area (Å²) in [6, 6.07) is 21.6. The Kier molecular flexibility index (Phi) is 4.87. The molecule has 0 N–H and O–H groups in total. The lowest BCUT2D eigenvalue weighted by Crippen LogP contribution is -2.32. The summed E-state index contributed by atoms with van der Waals surface area (Å²) >= 11 is 0. The maximum Gasteiger partial charge on any atom is 0.334 e. The van der Waals surface area contributed by atoms with Gasteiger partial charge in [0.2, 0.25) is 0 Å². The second kappa shape index (κ2) is 7.99. The molecule has 0 saturated carbocycles. The molecule has 4 amide bonds. The monoisotopic (exact) mass is 426 g/mol. The first-order valence-corrected chi connectivity index (χ1v) is 10.0. The number of hydrogen-bond donors (Lipinski definition) is 0. The fourth-order valence-corrected chi connectivity index (χ4v) is 3.64. The van der Waals surface area contributed by atoms with Crippen LogP contribution in [0.5, 0.6) is 0 Å². The van der Waals surface area contributed by atoms with E-state index in [2.05, 4.69) is 0 Å². The predicted octanol–water partition coefficient (Wildman–Crippen LogP) is 3.62. The molecule has 0 aliphatic carbocycles. The Morgan fingerprint density at radius 1 is 0.750 bits per heavy atom. The second-order valence-corrected chi connectivity index (χ2v) is 7.29. The number of urea groups is 1. The maximum absolute atomic E-state index is 12.9. The quantitative estimate of drug-likeness (QED) is 0.347. The van der Waals surface area contributed by atoms with Gasteiger partial charge >= 0.3 is 17.8 Å². The molecule has 0 atom stereocenters. The number of hydrogen-bond acceptors (Lipinski definition) is 5. The van der Waals surface area contributed by atoms with Crippen LogP contribution in [0.3, 0.4) is 0 Å². The van der Waals surface area contributed by atoms with Gasteiger partial charge in [0.25, 0.3) is 0 Å². The van der Waals surface area contributed by atoms with Crippen LogP contribution >= 0.6 is 0 Å². The van der Waals surface area contributed by atoms with Crippen LogP contribution in [-0.2, 0) is 22.7 Å². The Hall–Kier alpha value is -4.46. The Bertz CT molecular complexity index is 1280. The maximum atomic E-state index is 12.9. The summed E-state index contributed by atoms with van der Waals surface area (Å²) in [5.41, 5.74) is 2.96. The van der Waals surface area contributed by atoms with Crippen LogP contribution in [-0.4, -0.2) is 37.4 Å². The smallest absolute Gasteiger partial charge is 0.334 e. The number of carbonyl (C=O) groups excluding carboxylic acids is 3. The summed E-state index contributed by atoms with van der Waals surface area (Å²) in [5.74, 6) is -1.32. The lowest BCUT2D eigenvalue weighted by atomic mass is 10.1. The van der Waals surface area contributed by atoms with Crippen LogP contribution in [0.2, 0.25) is 0 Å². The van der Waals surface area contributed by atoms with Crippen LogP contribution in [0.1, 0.15) is 11.3 Å². The molecule has 1 aliphatic rings. The molecule has 0 bridgehead atoms. The van der Waals surface area contributed by atoms with Crippen LogP contribution < -0.4 is 0 Å². The molecular weight excluding hydrogens is 408 g/mol. The zero-order valence-electron chi connectivity index (χ0n) is 16.9. The van der Waals surface area contributed by atoms with E-state index in [9.17, 15) is 14.4 Å². The third-order valence-corrected chi connectivity index (χ3v) is 5.22. The van der Waals surface area contributed by atoms with E-state index in [1.807, 2.05) is 60.7 Å². The Morgan fingerprint density at radius 3 is 2.06 bits per heavy atom.